The molecule has 1 heterocycles. The lowest BCUT2D eigenvalue weighted by Crippen LogP contribution is -2.38. The summed E-state index contributed by atoms with van der Waals surface area (Å²) in [4.78, 5) is 2.22. The largest absolute Gasteiger partial charge is 0.303 e. The smallest absolute Gasteiger partial charge is 0.232 e. The maximum Gasteiger partial charge on any atom is 0.232 e. The highest BCUT2D eigenvalue weighted by molar-refractivity contribution is 8.13. The van der Waals surface area contributed by atoms with Crippen LogP contribution in [0.4, 0.5) is 0 Å². The van der Waals surface area contributed by atoms with Gasteiger partial charge >= 0.3 is 0 Å². The van der Waals surface area contributed by atoms with Crippen molar-refractivity contribution >= 4 is 19.7 Å². The minimum atomic E-state index is -3.26. The topological polar surface area (TPSA) is 37.4 Å². The lowest BCUT2D eigenvalue weighted by atomic mass is 10.2. The Morgan fingerprint density at radius 2 is 2.00 bits per heavy atom. The van der Waals surface area contributed by atoms with Crippen LogP contribution in [0.5, 0.6) is 0 Å². The minimum absolute atomic E-state index is 0.102. The van der Waals surface area contributed by atoms with Crippen LogP contribution in [0.2, 0.25) is 0 Å². The maximum atomic E-state index is 10.5. The maximum absolute atomic E-state index is 10.5. The molecule has 1 aliphatic rings. The Hall–Kier alpha value is 0.200. The van der Waals surface area contributed by atoms with Gasteiger partial charge in [0.25, 0.3) is 0 Å². The SMILES string of the molecule is O=S(=O)(Cl)CCCN1CCC1. The van der Waals surface area contributed by atoms with Gasteiger partial charge in [-0.3, -0.25) is 0 Å². The van der Waals surface area contributed by atoms with E-state index in [4.69, 9.17) is 10.7 Å². The molecular formula is C6H12ClNO2S. The third-order valence-corrected chi connectivity index (χ3v) is 3.05. The van der Waals surface area contributed by atoms with Gasteiger partial charge in [0, 0.05) is 10.7 Å². The average Bonchev–Trinajstić information content (AvgIpc) is 1.73. The van der Waals surface area contributed by atoms with Crippen LogP contribution in [0.15, 0.2) is 0 Å². The van der Waals surface area contributed by atoms with Crippen LogP contribution in [-0.2, 0) is 9.05 Å². The molecule has 0 unspecified atom stereocenters. The zero-order chi connectivity index (χ0) is 8.32. The average molecular weight is 198 g/mol. The zero-order valence-electron chi connectivity index (χ0n) is 6.29. The second kappa shape index (κ2) is 3.74. The number of hydrogen-bond donors (Lipinski definition) is 0. The third kappa shape index (κ3) is 3.94. The van der Waals surface area contributed by atoms with Gasteiger partial charge in [-0.15, -0.1) is 0 Å². The van der Waals surface area contributed by atoms with Gasteiger partial charge in [-0.2, -0.15) is 0 Å². The third-order valence-electron chi connectivity index (χ3n) is 1.81. The van der Waals surface area contributed by atoms with Crippen molar-refractivity contribution in [2.75, 3.05) is 25.4 Å². The molecule has 0 N–H and O–H groups in total. The Kier molecular flexibility index (Phi) is 3.16. The first-order chi connectivity index (χ1) is 5.08. The Morgan fingerprint density at radius 3 is 2.36 bits per heavy atom. The second-order valence-corrected chi connectivity index (χ2v) is 5.69. The monoisotopic (exact) mass is 197 g/mol. The quantitative estimate of drug-likeness (QED) is 0.622. The van der Waals surface area contributed by atoms with Crippen molar-refractivity contribution in [2.45, 2.75) is 12.8 Å². The molecule has 5 heteroatoms. The van der Waals surface area contributed by atoms with E-state index in [1.807, 2.05) is 0 Å². The Morgan fingerprint density at radius 1 is 1.36 bits per heavy atom. The predicted molar refractivity (Wildman–Crippen MR) is 45.3 cm³/mol. The molecule has 0 amide bonds. The van der Waals surface area contributed by atoms with E-state index in [1.165, 1.54) is 6.42 Å². The van der Waals surface area contributed by atoms with Crippen LogP contribution in [0, 0.1) is 0 Å². The highest BCUT2D eigenvalue weighted by Crippen LogP contribution is 2.07. The summed E-state index contributed by atoms with van der Waals surface area (Å²) in [5, 5.41) is 0. The highest BCUT2D eigenvalue weighted by atomic mass is 35.7. The molecule has 0 aromatic rings. The van der Waals surface area contributed by atoms with E-state index in [0.29, 0.717) is 6.42 Å². The van der Waals surface area contributed by atoms with Crippen LogP contribution < -0.4 is 0 Å². The van der Waals surface area contributed by atoms with Crippen molar-refractivity contribution < 1.29 is 8.42 Å². The normalized spacial score (nSPS) is 19.7. The molecule has 0 saturated carbocycles. The standard InChI is InChI=1S/C6H12ClNO2S/c7-11(9,10)6-2-5-8-3-1-4-8/h1-6H2. The second-order valence-electron chi connectivity index (χ2n) is 2.79. The molecule has 3 nitrogen and oxygen atoms in total. The van der Waals surface area contributed by atoms with Gasteiger partial charge < -0.3 is 4.90 Å². The molecule has 1 fully saturated rings. The van der Waals surface area contributed by atoms with Crippen molar-refractivity contribution in [3.05, 3.63) is 0 Å². The molecule has 0 aromatic heterocycles. The summed E-state index contributed by atoms with van der Waals surface area (Å²) >= 11 is 0. The van der Waals surface area contributed by atoms with E-state index < -0.39 is 9.05 Å². The van der Waals surface area contributed by atoms with Crippen molar-refractivity contribution in [2.24, 2.45) is 0 Å². The molecular weight excluding hydrogens is 186 g/mol. The highest BCUT2D eigenvalue weighted by Gasteiger charge is 2.13. The first kappa shape index (κ1) is 9.29. The molecule has 0 aliphatic carbocycles. The predicted octanol–water partition coefficient (Wildman–Crippen LogP) is 0.651. The van der Waals surface area contributed by atoms with Gasteiger partial charge in [-0.05, 0) is 32.5 Å². The number of nitrogens with zero attached hydrogens (tertiary/aromatic N) is 1. The number of rotatable bonds is 4. The van der Waals surface area contributed by atoms with Gasteiger partial charge in [-0.1, -0.05) is 0 Å². The van der Waals surface area contributed by atoms with Gasteiger partial charge in [0.15, 0.2) is 0 Å². The van der Waals surface area contributed by atoms with Crippen molar-refractivity contribution in [1.82, 2.24) is 4.90 Å². The Bertz CT molecular complexity index is 211. The van der Waals surface area contributed by atoms with E-state index in [9.17, 15) is 8.42 Å². The summed E-state index contributed by atoms with van der Waals surface area (Å²) in [5.41, 5.74) is 0. The Balaban J connectivity index is 2.04. The van der Waals surface area contributed by atoms with Crippen molar-refractivity contribution in [1.29, 1.82) is 0 Å². The van der Waals surface area contributed by atoms with Gasteiger partial charge in [0.1, 0.15) is 0 Å². The summed E-state index contributed by atoms with van der Waals surface area (Å²) in [6.07, 6.45) is 1.90. The zero-order valence-corrected chi connectivity index (χ0v) is 7.86. The van der Waals surface area contributed by atoms with Crippen molar-refractivity contribution in [3.8, 4) is 0 Å². The summed E-state index contributed by atoms with van der Waals surface area (Å²) in [5.74, 6) is 0.102. The Labute approximate surface area is 71.8 Å². The fraction of sp³-hybridized carbons (Fsp3) is 1.00. The molecule has 0 spiro atoms. The van der Waals surface area contributed by atoms with E-state index in [0.717, 1.165) is 19.6 Å². The molecule has 1 rings (SSSR count). The summed E-state index contributed by atoms with van der Waals surface area (Å²) in [7, 11) is 1.77. The number of hydrogen-bond acceptors (Lipinski definition) is 3. The van der Waals surface area contributed by atoms with Crippen LogP contribution >= 0.6 is 10.7 Å². The van der Waals surface area contributed by atoms with E-state index in [2.05, 4.69) is 4.90 Å². The molecule has 66 valence electrons. The van der Waals surface area contributed by atoms with Crippen LogP contribution in [0.3, 0.4) is 0 Å². The fourth-order valence-corrected chi connectivity index (χ4v) is 1.87. The van der Waals surface area contributed by atoms with Crippen LogP contribution in [0.25, 0.3) is 0 Å². The lowest BCUT2D eigenvalue weighted by Gasteiger charge is -2.30. The molecule has 1 saturated heterocycles. The molecule has 0 aromatic carbocycles. The van der Waals surface area contributed by atoms with E-state index in [1.54, 1.807) is 0 Å². The molecule has 11 heavy (non-hydrogen) atoms. The van der Waals surface area contributed by atoms with Crippen LogP contribution in [-0.4, -0.2) is 38.7 Å². The van der Waals surface area contributed by atoms with E-state index >= 15 is 0 Å². The fourth-order valence-electron chi connectivity index (χ4n) is 1.07. The molecule has 0 radical (unpaired) electrons. The lowest BCUT2D eigenvalue weighted by molar-refractivity contribution is 0.182. The molecule has 1 aliphatic heterocycles. The van der Waals surface area contributed by atoms with Gasteiger partial charge in [0.05, 0.1) is 5.75 Å². The number of halogens is 1. The van der Waals surface area contributed by atoms with E-state index in [-0.39, 0.29) is 5.75 Å². The van der Waals surface area contributed by atoms with Crippen LogP contribution in [0.1, 0.15) is 12.8 Å². The first-order valence-electron chi connectivity index (χ1n) is 3.72. The summed E-state index contributed by atoms with van der Waals surface area (Å²) in [6, 6.07) is 0. The minimum Gasteiger partial charge on any atom is -0.303 e. The summed E-state index contributed by atoms with van der Waals surface area (Å²) in [6.45, 7) is 3.09. The van der Waals surface area contributed by atoms with Gasteiger partial charge in [0.2, 0.25) is 9.05 Å². The number of likely N-dealkylation sites (tertiary alicyclic amines) is 1. The molecule has 0 atom stereocenters. The summed E-state index contributed by atoms with van der Waals surface area (Å²) < 4.78 is 20.9. The molecule has 0 bridgehead atoms. The first-order valence-corrected chi connectivity index (χ1v) is 6.20. The van der Waals surface area contributed by atoms with Gasteiger partial charge in [-0.25, -0.2) is 8.42 Å². The van der Waals surface area contributed by atoms with Crippen molar-refractivity contribution in [3.63, 3.8) is 0 Å².